The number of nitrogens with one attached hydrogen (secondary N) is 1. The molecule has 1 aromatic rings. The minimum absolute atomic E-state index is 0.133. The Kier molecular flexibility index (Phi) is 6.13. The average molecular weight is 295 g/mol. The van der Waals surface area contributed by atoms with Crippen molar-refractivity contribution in [2.24, 2.45) is 0 Å². The maximum atomic E-state index is 13.5. The smallest absolute Gasteiger partial charge is 0.309 e. The van der Waals surface area contributed by atoms with Gasteiger partial charge >= 0.3 is 6.18 Å². The molecule has 0 aliphatic rings. The van der Waals surface area contributed by atoms with Gasteiger partial charge in [0.25, 0.3) is 0 Å². The molecule has 0 fully saturated rings. The van der Waals surface area contributed by atoms with Crippen LogP contribution in [0, 0.1) is 5.82 Å². The molecule has 0 aliphatic heterocycles. The van der Waals surface area contributed by atoms with Crippen LogP contribution in [0.25, 0.3) is 0 Å². The van der Waals surface area contributed by atoms with E-state index in [1.54, 1.807) is 11.8 Å². The lowest BCUT2D eigenvalue weighted by Crippen LogP contribution is -2.24. The van der Waals surface area contributed by atoms with Crippen LogP contribution in [0.4, 0.5) is 17.6 Å². The van der Waals surface area contributed by atoms with Crippen molar-refractivity contribution in [3.8, 4) is 0 Å². The van der Waals surface area contributed by atoms with Crippen molar-refractivity contribution in [3.05, 3.63) is 35.1 Å². The Morgan fingerprint density at radius 2 is 2.00 bits per heavy atom. The third-order valence-corrected chi connectivity index (χ3v) is 3.34. The summed E-state index contributed by atoms with van der Waals surface area (Å²) in [4.78, 5) is 0. The summed E-state index contributed by atoms with van der Waals surface area (Å²) in [5.74, 6) is -0.528. The zero-order chi connectivity index (χ0) is 14.5. The Labute approximate surface area is 114 Å². The molecule has 0 heterocycles. The van der Waals surface area contributed by atoms with Gasteiger partial charge in [0.05, 0.1) is 5.56 Å². The Morgan fingerprint density at radius 3 is 2.47 bits per heavy atom. The largest absolute Gasteiger partial charge is 0.419 e. The van der Waals surface area contributed by atoms with E-state index in [-0.39, 0.29) is 6.04 Å². The summed E-state index contributed by atoms with van der Waals surface area (Å²) in [6, 6.07) is 3.00. The van der Waals surface area contributed by atoms with Crippen molar-refractivity contribution >= 4 is 11.8 Å². The molecule has 0 spiro atoms. The predicted molar refractivity (Wildman–Crippen MR) is 70.8 cm³/mol. The van der Waals surface area contributed by atoms with Gasteiger partial charge in [-0.2, -0.15) is 24.9 Å². The van der Waals surface area contributed by atoms with Gasteiger partial charge in [0, 0.05) is 11.8 Å². The maximum Gasteiger partial charge on any atom is 0.419 e. The highest BCUT2D eigenvalue weighted by Gasteiger charge is 2.34. The molecule has 1 unspecified atom stereocenters. The van der Waals surface area contributed by atoms with E-state index in [0.29, 0.717) is 11.3 Å². The number of thioether (sulfide) groups is 1. The number of alkyl halides is 3. The number of rotatable bonds is 6. The first-order valence-electron chi connectivity index (χ1n) is 5.99. The fraction of sp³-hybridized carbons (Fsp3) is 0.538. The lowest BCUT2D eigenvalue weighted by molar-refractivity contribution is -0.140. The molecule has 1 N–H and O–H groups in total. The van der Waals surface area contributed by atoms with Crippen LogP contribution in [0.5, 0.6) is 0 Å². The van der Waals surface area contributed by atoms with E-state index in [0.717, 1.165) is 25.1 Å². The van der Waals surface area contributed by atoms with E-state index in [1.165, 1.54) is 6.07 Å². The highest BCUT2D eigenvalue weighted by molar-refractivity contribution is 7.98. The monoisotopic (exact) mass is 295 g/mol. The maximum absolute atomic E-state index is 13.5. The molecular formula is C13H17F4NS. The van der Waals surface area contributed by atoms with E-state index < -0.39 is 17.6 Å². The van der Waals surface area contributed by atoms with Gasteiger partial charge in [-0.1, -0.05) is 13.0 Å². The number of hydrogen-bond donors (Lipinski definition) is 1. The summed E-state index contributed by atoms with van der Waals surface area (Å²) < 4.78 is 50.9. The first-order valence-corrected chi connectivity index (χ1v) is 7.38. The van der Waals surface area contributed by atoms with E-state index >= 15 is 0 Å². The molecule has 1 aromatic carbocycles. The lowest BCUT2D eigenvalue weighted by Gasteiger charge is -2.19. The van der Waals surface area contributed by atoms with Crippen molar-refractivity contribution in [3.63, 3.8) is 0 Å². The predicted octanol–water partition coefficient (Wildman–Crippen LogP) is 4.25. The second kappa shape index (κ2) is 7.14. The lowest BCUT2D eigenvalue weighted by atomic mass is 10.0. The van der Waals surface area contributed by atoms with E-state index in [2.05, 4.69) is 5.32 Å². The van der Waals surface area contributed by atoms with Gasteiger partial charge in [-0.15, -0.1) is 0 Å². The Hall–Kier alpha value is -0.750. The minimum atomic E-state index is -4.64. The summed E-state index contributed by atoms with van der Waals surface area (Å²) in [6.07, 6.45) is -1.83. The van der Waals surface area contributed by atoms with Crippen molar-refractivity contribution in [2.75, 3.05) is 18.6 Å². The molecular weight excluding hydrogens is 278 g/mol. The SMILES string of the molecule is CCCNC(CSC)c1ccc(C(F)(F)F)c(F)c1. The number of hydrogen-bond acceptors (Lipinski definition) is 2. The molecule has 0 radical (unpaired) electrons. The Morgan fingerprint density at radius 1 is 1.32 bits per heavy atom. The summed E-state index contributed by atoms with van der Waals surface area (Å²) in [7, 11) is 0. The molecule has 0 aromatic heterocycles. The molecule has 0 saturated heterocycles. The van der Waals surface area contributed by atoms with Crippen molar-refractivity contribution in [2.45, 2.75) is 25.6 Å². The van der Waals surface area contributed by atoms with Gasteiger partial charge in [-0.3, -0.25) is 0 Å². The average Bonchev–Trinajstić information content (AvgIpc) is 2.32. The van der Waals surface area contributed by atoms with Crippen LogP contribution >= 0.6 is 11.8 Å². The fourth-order valence-corrected chi connectivity index (χ4v) is 2.38. The van der Waals surface area contributed by atoms with Crippen LogP contribution in [0.15, 0.2) is 18.2 Å². The fourth-order valence-electron chi connectivity index (χ4n) is 1.74. The number of halogens is 4. The summed E-state index contributed by atoms with van der Waals surface area (Å²) >= 11 is 1.56. The van der Waals surface area contributed by atoms with Crippen LogP contribution in [-0.4, -0.2) is 18.6 Å². The van der Waals surface area contributed by atoms with Crippen LogP contribution in [0.1, 0.15) is 30.5 Å². The molecule has 0 bridgehead atoms. The van der Waals surface area contributed by atoms with Gasteiger partial charge in [0.1, 0.15) is 5.82 Å². The molecule has 108 valence electrons. The highest BCUT2D eigenvalue weighted by Crippen LogP contribution is 2.32. The molecule has 0 aliphatic carbocycles. The van der Waals surface area contributed by atoms with Crippen LogP contribution < -0.4 is 5.32 Å². The van der Waals surface area contributed by atoms with Crippen molar-refractivity contribution < 1.29 is 17.6 Å². The summed E-state index contributed by atoms with van der Waals surface area (Å²) in [6.45, 7) is 2.74. The van der Waals surface area contributed by atoms with E-state index in [9.17, 15) is 17.6 Å². The molecule has 0 saturated carbocycles. The van der Waals surface area contributed by atoms with E-state index in [1.807, 2.05) is 13.2 Å². The molecule has 1 atom stereocenters. The molecule has 6 heteroatoms. The number of benzene rings is 1. The Balaban J connectivity index is 2.96. The van der Waals surface area contributed by atoms with Gasteiger partial charge in [0.2, 0.25) is 0 Å². The third kappa shape index (κ3) is 4.69. The van der Waals surface area contributed by atoms with Crippen molar-refractivity contribution in [1.29, 1.82) is 0 Å². The van der Waals surface area contributed by atoms with Crippen LogP contribution in [-0.2, 0) is 6.18 Å². The van der Waals surface area contributed by atoms with Gasteiger partial charge < -0.3 is 5.32 Å². The molecule has 0 amide bonds. The normalized spacial score (nSPS) is 13.6. The van der Waals surface area contributed by atoms with Crippen LogP contribution in [0.3, 0.4) is 0 Å². The van der Waals surface area contributed by atoms with E-state index in [4.69, 9.17) is 0 Å². The third-order valence-electron chi connectivity index (χ3n) is 2.67. The van der Waals surface area contributed by atoms with Gasteiger partial charge in [-0.05, 0) is 36.9 Å². The van der Waals surface area contributed by atoms with Gasteiger partial charge in [-0.25, -0.2) is 4.39 Å². The topological polar surface area (TPSA) is 12.0 Å². The molecule has 1 nitrogen and oxygen atoms in total. The zero-order valence-electron chi connectivity index (χ0n) is 10.9. The summed E-state index contributed by atoms with van der Waals surface area (Å²) in [5, 5.41) is 3.20. The quantitative estimate of drug-likeness (QED) is 0.787. The first kappa shape index (κ1) is 16.3. The van der Waals surface area contributed by atoms with Gasteiger partial charge in [0.15, 0.2) is 0 Å². The molecule has 1 rings (SSSR count). The first-order chi connectivity index (χ1) is 8.90. The minimum Gasteiger partial charge on any atom is -0.309 e. The Bertz CT molecular complexity index is 406. The summed E-state index contributed by atoms with van der Waals surface area (Å²) in [5.41, 5.74) is -0.664. The highest BCUT2D eigenvalue weighted by atomic mass is 32.2. The second-order valence-corrected chi connectivity index (χ2v) is 5.11. The van der Waals surface area contributed by atoms with Crippen LogP contribution in [0.2, 0.25) is 0 Å². The molecule has 19 heavy (non-hydrogen) atoms. The van der Waals surface area contributed by atoms with Crippen molar-refractivity contribution in [1.82, 2.24) is 5.32 Å². The second-order valence-electron chi connectivity index (χ2n) is 4.20. The zero-order valence-corrected chi connectivity index (χ0v) is 11.7. The standard InChI is InChI=1S/C13H17F4NS/c1-3-6-18-12(8-19-2)9-4-5-10(11(14)7-9)13(15,16)17/h4-5,7,12,18H,3,6,8H2,1-2H3.